The van der Waals surface area contributed by atoms with Gasteiger partial charge in [-0.1, -0.05) is 41.4 Å². The lowest BCUT2D eigenvalue weighted by Crippen LogP contribution is -2.17. The molecule has 3 nitrogen and oxygen atoms in total. The van der Waals surface area contributed by atoms with E-state index >= 15 is 0 Å². The molecule has 0 bridgehead atoms. The van der Waals surface area contributed by atoms with E-state index in [0.717, 1.165) is 16.8 Å². The summed E-state index contributed by atoms with van der Waals surface area (Å²) in [6.07, 6.45) is -0.556. The molecule has 0 unspecified atom stereocenters. The normalized spacial score (nSPS) is 10.1. The summed E-state index contributed by atoms with van der Waals surface area (Å²) in [6, 6.07) is 12.6. The van der Waals surface area contributed by atoms with Crippen LogP contribution in [0.3, 0.4) is 0 Å². The maximum Gasteiger partial charge on any atom is 0.417 e. The van der Waals surface area contributed by atoms with Crippen molar-refractivity contribution >= 4 is 23.4 Å². The van der Waals surface area contributed by atoms with Gasteiger partial charge in [-0.25, -0.2) is 4.79 Å². The van der Waals surface area contributed by atoms with E-state index in [0.29, 0.717) is 10.8 Å². The summed E-state index contributed by atoms with van der Waals surface area (Å²) in [5, 5.41) is 3.09. The molecule has 2 aromatic carbocycles. The second kappa shape index (κ2) is 5.76. The van der Waals surface area contributed by atoms with E-state index in [1.165, 1.54) is 0 Å². The molecule has 0 aliphatic rings. The van der Waals surface area contributed by atoms with Crippen molar-refractivity contribution in [2.75, 3.05) is 5.32 Å². The summed E-state index contributed by atoms with van der Waals surface area (Å²) in [7, 11) is 0. The van der Waals surface area contributed by atoms with E-state index in [4.69, 9.17) is 16.3 Å². The van der Waals surface area contributed by atoms with Crippen LogP contribution in [0.1, 0.15) is 11.1 Å². The van der Waals surface area contributed by atoms with Crippen molar-refractivity contribution < 1.29 is 9.53 Å². The zero-order valence-corrected chi connectivity index (χ0v) is 11.5. The summed E-state index contributed by atoms with van der Waals surface area (Å²) in [5.74, 6) is 0.339. The molecule has 0 aromatic heterocycles. The third kappa shape index (κ3) is 3.48. The van der Waals surface area contributed by atoms with Gasteiger partial charge >= 0.3 is 6.09 Å². The number of carbonyl (C=O) groups excluding carboxylic acids is 1. The number of hydrogen-bond acceptors (Lipinski definition) is 2. The Hall–Kier alpha value is -2.00. The van der Waals surface area contributed by atoms with Crippen LogP contribution < -0.4 is 10.1 Å². The molecule has 1 amide bonds. The Morgan fingerprint density at radius 1 is 1.16 bits per heavy atom. The molecule has 98 valence electrons. The Bertz CT molecular complexity index is 611. The first-order valence-corrected chi connectivity index (χ1v) is 6.24. The van der Waals surface area contributed by atoms with Crippen molar-refractivity contribution in [2.45, 2.75) is 13.8 Å². The molecule has 0 saturated carbocycles. The molecule has 0 spiro atoms. The largest absolute Gasteiger partial charge is 0.417 e. The molecule has 0 heterocycles. The van der Waals surface area contributed by atoms with Crippen LogP contribution in [0.2, 0.25) is 5.02 Å². The monoisotopic (exact) mass is 275 g/mol. The molecule has 0 aliphatic heterocycles. The highest BCUT2D eigenvalue weighted by Crippen LogP contribution is 2.24. The Morgan fingerprint density at radius 2 is 1.89 bits per heavy atom. The van der Waals surface area contributed by atoms with E-state index in [1.54, 1.807) is 24.3 Å². The number of halogens is 1. The Kier molecular flexibility index (Phi) is 4.07. The quantitative estimate of drug-likeness (QED) is 0.872. The van der Waals surface area contributed by atoms with Gasteiger partial charge in [0.25, 0.3) is 0 Å². The smallest absolute Gasteiger partial charge is 0.409 e. The van der Waals surface area contributed by atoms with Crippen molar-refractivity contribution in [1.29, 1.82) is 0 Å². The van der Waals surface area contributed by atoms with Crippen LogP contribution in [0.25, 0.3) is 0 Å². The van der Waals surface area contributed by atoms with E-state index in [2.05, 4.69) is 5.32 Å². The molecule has 0 saturated heterocycles. The van der Waals surface area contributed by atoms with Gasteiger partial charge in [-0.3, -0.25) is 5.32 Å². The highest BCUT2D eigenvalue weighted by Gasteiger charge is 2.09. The number of nitrogens with one attached hydrogen (secondary N) is 1. The van der Waals surface area contributed by atoms with Gasteiger partial charge in [0.05, 0.1) is 5.02 Å². The predicted octanol–water partition coefficient (Wildman–Crippen LogP) is 4.57. The highest BCUT2D eigenvalue weighted by molar-refractivity contribution is 6.32. The Balaban J connectivity index is 2.08. The van der Waals surface area contributed by atoms with Gasteiger partial charge in [-0.15, -0.1) is 0 Å². The molecule has 0 atom stereocenters. The molecule has 0 aliphatic carbocycles. The van der Waals surface area contributed by atoms with Gasteiger partial charge in [0.2, 0.25) is 0 Å². The highest BCUT2D eigenvalue weighted by atomic mass is 35.5. The number of rotatable bonds is 2. The first kappa shape index (κ1) is 13.4. The summed E-state index contributed by atoms with van der Waals surface area (Å²) in [5.41, 5.74) is 2.85. The van der Waals surface area contributed by atoms with Crippen molar-refractivity contribution in [3.63, 3.8) is 0 Å². The minimum absolute atomic E-state index is 0.339. The molecule has 2 rings (SSSR count). The van der Waals surface area contributed by atoms with Gasteiger partial charge < -0.3 is 4.74 Å². The number of aryl methyl sites for hydroxylation is 2. The zero-order valence-electron chi connectivity index (χ0n) is 10.7. The van der Waals surface area contributed by atoms with Crippen LogP contribution in [-0.4, -0.2) is 6.09 Å². The Morgan fingerprint density at radius 3 is 2.58 bits per heavy atom. The summed E-state index contributed by atoms with van der Waals surface area (Å²) in [4.78, 5) is 11.8. The topological polar surface area (TPSA) is 38.3 Å². The van der Waals surface area contributed by atoms with Crippen molar-refractivity contribution in [3.8, 4) is 5.75 Å². The predicted molar refractivity (Wildman–Crippen MR) is 77.0 cm³/mol. The van der Waals surface area contributed by atoms with Crippen molar-refractivity contribution in [3.05, 3.63) is 58.6 Å². The van der Waals surface area contributed by atoms with Gasteiger partial charge in [0.15, 0.2) is 5.75 Å². The van der Waals surface area contributed by atoms with Crippen molar-refractivity contribution in [2.24, 2.45) is 0 Å². The lowest BCUT2D eigenvalue weighted by Gasteiger charge is -2.10. The summed E-state index contributed by atoms with van der Waals surface area (Å²) in [6.45, 7) is 3.93. The van der Waals surface area contributed by atoms with E-state index < -0.39 is 6.09 Å². The molecule has 0 fully saturated rings. The lowest BCUT2D eigenvalue weighted by molar-refractivity contribution is 0.215. The molecular formula is C15H14ClNO2. The molecule has 4 heteroatoms. The first-order chi connectivity index (χ1) is 9.06. The maximum absolute atomic E-state index is 11.8. The lowest BCUT2D eigenvalue weighted by atomic mass is 10.1. The number of amides is 1. The van der Waals surface area contributed by atoms with Gasteiger partial charge in [-0.05, 0) is 37.6 Å². The SMILES string of the molecule is Cc1ccc(NC(=O)Oc2ccccc2Cl)c(C)c1. The number of benzene rings is 2. The van der Waals surface area contributed by atoms with Crippen LogP contribution in [0.15, 0.2) is 42.5 Å². The van der Waals surface area contributed by atoms with Crippen LogP contribution in [0.4, 0.5) is 10.5 Å². The summed E-state index contributed by atoms with van der Waals surface area (Å²) >= 11 is 5.92. The minimum Gasteiger partial charge on any atom is -0.409 e. The van der Waals surface area contributed by atoms with Crippen LogP contribution in [0, 0.1) is 13.8 Å². The standard InChI is InChI=1S/C15H14ClNO2/c1-10-7-8-13(11(2)9-10)17-15(18)19-14-6-4-3-5-12(14)16/h3-9H,1-2H3,(H,17,18). The average molecular weight is 276 g/mol. The maximum atomic E-state index is 11.8. The molecule has 0 radical (unpaired) electrons. The fourth-order valence-corrected chi connectivity index (χ4v) is 1.89. The fourth-order valence-electron chi connectivity index (χ4n) is 1.72. The number of para-hydroxylation sites is 1. The molecule has 1 N–H and O–H groups in total. The second-order valence-corrected chi connectivity index (χ2v) is 4.67. The number of ether oxygens (including phenoxy) is 1. The van der Waals surface area contributed by atoms with Crippen LogP contribution in [0.5, 0.6) is 5.75 Å². The molecule has 19 heavy (non-hydrogen) atoms. The number of hydrogen-bond donors (Lipinski definition) is 1. The second-order valence-electron chi connectivity index (χ2n) is 4.26. The van der Waals surface area contributed by atoms with E-state index in [1.807, 2.05) is 32.0 Å². The third-order valence-electron chi connectivity index (χ3n) is 2.66. The van der Waals surface area contributed by atoms with Gasteiger partial charge in [0, 0.05) is 5.69 Å². The van der Waals surface area contributed by atoms with Crippen molar-refractivity contribution in [1.82, 2.24) is 0 Å². The average Bonchev–Trinajstić information content (AvgIpc) is 2.36. The van der Waals surface area contributed by atoms with Gasteiger partial charge in [0.1, 0.15) is 0 Å². The van der Waals surface area contributed by atoms with E-state index in [9.17, 15) is 4.79 Å². The Labute approximate surface area is 117 Å². The van der Waals surface area contributed by atoms with Crippen LogP contribution >= 0.6 is 11.6 Å². The first-order valence-electron chi connectivity index (χ1n) is 5.87. The van der Waals surface area contributed by atoms with Gasteiger partial charge in [-0.2, -0.15) is 0 Å². The number of anilines is 1. The zero-order chi connectivity index (χ0) is 13.8. The molecular weight excluding hydrogens is 262 g/mol. The minimum atomic E-state index is -0.556. The fraction of sp³-hybridized carbons (Fsp3) is 0.133. The van der Waals surface area contributed by atoms with E-state index in [-0.39, 0.29) is 0 Å². The third-order valence-corrected chi connectivity index (χ3v) is 2.97. The number of carbonyl (C=O) groups is 1. The molecule has 2 aromatic rings. The van der Waals surface area contributed by atoms with Crippen LogP contribution in [-0.2, 0) is 0 Å². The summed E-state index contributed by atoms with van der Waals surface area (Å²) < 4.78 is 5.15.